The maximum absolute atomic E-state index is 13.3. The molecule has 0 radical (unpaired) electrons. The number of nitrogens with zero attached hydrogens (tertiary/aromatic N) is 5. The molecule has 1 aromatic carbocycles. The van der Waals surface area contributed by atoms with Crippen molar-refractivity contribution in [3.63, 3.8) is 0 Å². The molecule has 124 valence electrons. The van der Waals surface area contributed by atoms with Crippen LogP contribution < -0.4 is 5.32 Å². The third kappa shape index (κ3) is 3.77. The number of aryl methyl sites for hydroxylation is 1. The highest BCUT2D eigenvalue weighted by Gasteiger charge is 2.14. The maximum atomic E-state index is 13.3. The molecule has 7 nitrogen and oxygen atoms in total. The lowest BCUT2D eigenvalue weighted by Gasteiger charge is -2.04. The van der Waals surface area contributed by atoms with E-state index in [1.807, 2.05) is 6.92 Å². The summed E-state index contributed by atoms with van der Waals surface area (Å²) in [7, 11) is 1.77. The zero-order valence-corrected chi connectivity index (χ0v) is 14.5. The Bertz CT molecular complexity index is 878. The fourth-order valence-corrected chi connectivity index (χ4v) is 3.27. The molecule has 0 aliphatic carbocycles. The molecule has 24 heavy (non-hydrogen) atoms. The van der Waals surface area contributed by atoms with E-state index in [0.717, 1.165) is 5.01 Å². The summed E-state index contributed by atoms with van der Waals surface area (Å²) in [5.41, 5.74) is 0.630. The van der Waals surface area contributed by atoms with E-state index in [2.05, 4.69) is 25.7 Å². The quantitative estimate of drug-likeness (QED) is 0.700. The normalized spacial score (nSPS) is 10.8. The molecular weight excluding hydrogens is 351 g/mol. The summed E-state index contributed by atoms with van der Waals surface area (Å²) in [6.07, 6.45) is 0. The van der Waals surface area contributed by atoms with Crippen LogP contribution in [0.2, 0.25) is 0 Å². The van der Waals surface area contributed by atoms with Crippen LogP contribution in [0, 0.1) is 12.7 Å². The second-order valence-electron chi connectivity index (χ2n) is 4.84. The molecule has 3 aromatic rings. The first kappa shape index (κ1) is 16.5. The number of anilines is 1. The van der Waals surface area contributed by atoms with Gasteiger partial charge in [-0.05, 0) is 19.1 Å². The van der Waals surface area contributed by atoms with Crippen LogP contribution in [-0.4, -0.2) is 36.6 Å². The van der Waals surface area contributed by atoms with E-state index in [1.165, 1.54) is 35.2 Å². The topological polar surface area (TPSA) is 85.6 Å². The fourth-order valence-electron chi connectivity index (χ4n) is 1.95. The Labute approximate surface area is 145 Å². The molecule has 1 N–H and O–H groups in total. The summed E-state index contributed by atoms with van der Waals surface area (Å²) in [5, 5.41) is 20.3. The lowest BCUT2D eigenvalue weighted by atomic mass is 10.2. The molecule has 0 aliphatic rings. The number of halogens is 1. The Morgan fingerprint density at radius 1 is 1.33 bits per heavy atom. The number of hydrogen-bond acceptors (Lipinski definition) is 7. The predicted octanol–water partition coefficient (Wildman–Crippen LogP) is 2.51. The molecule has 3 rings (SSSR count). The Balaban J connectivity index is 1.65. The number of thioether (sulfide) groups is 1. The number of carbonyl (C=O) groups excluding carboxylic acids is 1. The van der Waals surface area contributed by atoms with Gasteiger partial charge >= 0.3 is 0 Å². The highest BCUT2D eigenvalue weighted by atomic mass is 32.2. The van der Waals surface area contributed by atoms with Crippen LogP contribution in [0.25, 0.3) is 11.4 Å². The van der Waals surface area contributed by atoms with Gasteiger partial charge in [-0.1, -0.05) is 35.2 Å². The van der Waals surface area contributed by atoms with E-state index in [-0.39, 0.29) is 17.5 Å². The van der Waals surface area contributed by atoms with Crippen LogP contribution in [0.1, 0.15) is 5.01 Å². The van der Waals surface area contributed by atoms with Gasteiger partial charge in [-0.3, -0.25) is 10.1 Å². The molecule has 10 heteroatoms. The van der Waals surface area contributed by atoms with Crippen molar-refractivity contribution >= 4 is 34.1 Å². The van der Waals surface area contributed by atoms with Crippen molar-refractivity contribution in [2.24, 2.45) is 7.05 Å². The lowest BCUT2D eigenvalue weighted by Crippen LogP contribution is -2.14. The van der Waals surface area contributed by atoms with Crippen LogP contribution in [-0.2, 0) is 11.8 Å². The van der Waals surface area contributed by atoms with Crippen LogP contribution in [0.3, 0.4) is 0 Å². The monoisotopic (exact) mass is 364 g/mol. The van der Waals surface area contributed by atoms with Gasteiger partial charge in [-0.2, -0.15) is 0 Å². The predicted molar refractivity (Wildman–Crippen MR) is 90.4 cm³/mol. The van der Waals surface area contributed by atoms with Crippen LogP contribution in [0.4, 0.5) is 9.52 Å². The zero-order valence-electron chi connectivity index (χ0n) is 12.9. The number of hydrogen-bond donors (Lipinski definition) is 1. The number of aromatic nitrogens is 5. The van der Waals surface area contributed by atoms with E-state index in [0.29, 0.717) is 21.7 Å². The summed E-state index contributed by atoms with van der Waals surface area (Å²) < 4.78 is 15.1. The lowest BCUT2D eigenvalue weighted by molar-refractivity contribution is -0.113. The van der Waals surface area contributed by atoms with Gasteiger partial charge in [0.15, 0.2) is 11.0 Å². The van der Waals surface area contributed by atoms with Gasteiger partial charge in [-0.25, -0.2) is 4.39 Å². The van der Waals surface area contributed by atoms with Crippen LogP contribution >= 0.6 is 23.1 Å². The highest BCUT2D eigenvalue weighted by Crippen LogP contribution is 2.23. The number of rotatable bonds is 5. The van der Waals surface area contributed by atoms with Crippen molar-refractivity contribution in [2.45, 2.75) is 12.1 Å². The first-order valence-corrected chi connectivity index (χ1v) is 8.71. The van der Waals surface area contributed by atoms with Gasteiger partial charge in [0.1, 0.15) is 10.8 Å². The first-order chi connectivity index (χ1) is 11.5. The highest BCUT2D eigenvalue weighted by molar-refractivity contribution is 7.99. The van der Waals surface area contributed by atoms with E-state index in [4.69, 9.17) is 0 Å². The van der Waals surface area contributed by atoms with Crippen molar-refractivity contribution < 1.29 is 9.18 Å². The summed E-state index contributed by atoms with van der Waals surface area (Å²) in [4.78, 5) is 11.9. The van der Waals surface area contributed by atoms with E-state index < -0.39 is 0 Å². The summed E-state index contributed by atoms with van der Waals surface area (Å²) in [6, 6.07) is 6.13. The van der Waals surface area contributed by atoms with E-state index in [9.17, 15) is 9.18 Å². The van der Waals surface area contributed by atoms with Crippen molar-refractivity contribution in [3.05, 3.63) is 35.1 Å². The molecule has 0 bridgehead atoms. The second kappa shape index (κ2) is 7.05. The number of amides is 1. The molecule has 0 atom stereocenters. The summed E-state index contributed by atoms with van der Waals surface area (Å²) in [5.74, 6) is 0.161. The third-order valence-corrected chi connectivity index (χ3v) is 4.80. The van der Waals surface area contributed by atoms with Crippen molar-refractivity contribution in [1.82, 2.24) is 25.0 Å². The third-order valence-electron chi connectivity index (χ3n) is 3.02. The number of benzene rings is 1. The SMILES string of the molecule is Cc1nnc(NC(=O)CSc2nnc(-c3cccc(F)c3)n2C)s1. The Morgan fingerprint density at radius 2 is 2.17 bits per heavy atom. The van der Waals surface area contributed by atoms with Gasteiger partial charge in [0, 0.05) is 12.6 Å². The van der Waals surface area contributed by atoms with E-state index >= 15 is 0 Å². The van der Waals surface area contributed by atoms with Crippen LogP contribution in [0.15, 0.2) is 29.4 Å². The smallest absolute Gasteiger partial charge is 0.236 e. The van der Waals surface area contributed by atoms with E-state index in [1.54, 1.807) is 23.7 Å². The first-order valence-electron chi connectivity index (χ1n) is 6.91. The number of carbonyl (C=O) groups is 1. The zero-order chi connectivity index (χ0) is 17.1. The minimum absolute atomic E-state index is 0.160. The molecule has 2 aromatic heterocycles. The van der Waals surface area contributed by atoms with Gasteiger partial charge < -0.3 is 4.57 Å². The maximum Gasteiger partial charge on any atom is 0.236 e. The van der Waals surface area contributed by atoms with Gasteiger partial charge in [0.25, 0.3) is 0 Å². The van der Waals surface area contributed by atoms with Gasteiger partial charge in [-0.15, -0.1) is 20.4 Å². The van der Waals surface area contributed by atoms with Gasteiger partial charge in [0.05, 0.1) is 5.75 Å². The minimum Gasteiger partial charge on any atom is -0.305 e. The Morgan fingerprint density at radius 3 is 2.88 bits per heavy atom. The Kier molecular flexibility index (Phi) is 4.86. The standard InChI is InChI=1S/C14H13FN6OS2/c1-8-17-19-13(24-8)16-11(22)7-23-14-20-18-12(21(14)2)9-4-3-5-10(15)6-9/h3-6H,7H2,1-2H3,(H,16,19,22). The average Bonchev–Trinajstić information content (AvgIpc) is 3.11. The molecule has 2 heterocycles. The van der Waals surface area contributed by atoms with Gasteiger partial charge in [0.2, 0.25) is 11.0 Å². The molecule has 0 spiro atoms. The van der Waals surface area contributed by atoms with Crippen molar-refractivity contribution in [3.8, 4) is 11.4 Å². The summed E-state index contributed by atoms with van der Waals surface area (Å²) in [6.45, 7) is 1.82. The van der Waals surface area contributed by atoms with Crippen molar-refractivity contribution in [2.75, 3.05) is 11.1 Å². The molecule has 0 fully saturated rings. The molecule has 1 amide bonds. The van der Waals surface area contributed by atoms with Crippen molar-refractivity contribution in [1.29, 1.82) is 0 Å². The number of nitrogens with one attached hydrogen (secondary N) is 1. The Hall–Kier alpha value is -2.33. The molecule has 0 unspecified atom stereocenters. The largest absolute Gasteiger partial charge is 0.305 e. The second-order valence-corrected chi connectivity index (χ2v) is 6.96. The molecule has 0 saturated heterocycles. The molecule has 0 saturated carbocycles. The van der Waals surface area contributed by atoms with Crippen LogP contribution in [0.5, 0.6) is 0 Å². The molecular formula is C14H13FN6OS2. The summed E-state index contributed by atoms with van der Waals surface area (Å²) >= 11 is 2.55. The average molecular weight is 364 g/mol. The minimum atomic E-state index is -0.337. The fraction of sp³-hybridized carbons (Fsp3) is 0.214. The molecule has 0 aliphatic heterocycles.